The normalized spacial score (nSPS) is 9.60. The topological polar surface area (TPSA) is 110 Å². The molecule has 1 heterocycles. The van der Waals surface area contributed by atoms with Crippen LogP contribution in [0.5, 0.6) is 0 Å². The van der Waals surface area contributed by atoms with Crippen LogP contribution < -0.4 is 10.6 Å². The van der Waals surface area contributed by atoms with Gasteiger partial charge in [-0.1, -0.05) is 13.8 Å². The summed E-state index contributed by atoms with van der Waals surface area (Å²) < 4.78 is 0. The minimum atomic E-state index is -0.706. The third-order valence-corrected chi connectivity index (χ3v) is 3.32. The summed E-state index contributed by atoms with van der Waals surface area (Å²) in [7, 11) is 1.81. The first-order valence-corrected chi connectivity index (χ1v) is 7.11. The number of hydrogen-bond donors (Lipinski definition) is 2. The Bertz CT molecular complexity index is 462. The summed E-state index contributed by atoms with van der Waals surface area (Å²) in [5.74, 6) is 0. The van der Waals surface area contributed by atoms with Gasteiger partial charge in [0.25, 0.3) is 0 Å². The number of nitrogens with zero attached hydrogens (tertiary/aromatic N) is 2. The summed E-state index contributed by atoms with van der Waals surface area (Å²) in [6.45, 7) is 6.81. The zero-order valence-electron chi connectivity index (χ0n) is 12.1. The van der Waals surface area contributed by atoms with Crippen LogP contribution in [0.1, 0.15) is 25.1 Å². The van der Waals surface area contributed by atoms with E-state index in [2.05, 4.69) is 10.6 Å². The second-order valence-corrected chi connectivity index (χ2v) is 4.81. The third-order valence-electron chi connectivity index (χ3n) is 2.28. The van der Waals surface area contributed by atoms with E-state index in [9.17, 15) is 20.2 Å². The van der Waals surface area contributed by atoms with Gasteiger partial charge in [0.15, 0.2) is 5.00 Å². The Labute approximate surface area is 121 Å². The van der Waals surface area contributed by atoms with Crippen molar-refractivity contribution in [3.8, 4) is 0 Å². The van der Waals surface area contributed by atoms with E-state index in [1.54, 1.807) is 0 Å². The van der Waals surface area contributed by atoms with Crippen LogP contribution in [0.25, 0.3) is 0 Å². The van der Waals surface area contributed by atoms with Crippen molar-refractivity contribution in [3.63, 3.8) is 0 Å². The molecular formula is C11H20N4O4S. The second kappa shape index (κ2) is 9.21. The van der Waals surface area contributed by atoms with E-state index in [1.807, 2.05) is 20.9 Å². The Morgan fingerprint density at radius 1 is 1.10 bits per heavy atom. The van der Waals surface area contributed by atoms with Gasteiger partial charge in [0, 0.05) is 6.54 Å². The van der Waals surface area contributed by atoms with Crippen LogP contribution in [0.2, 0.25) is 0 Å². The lowest BCUT2D eigenvalue weighted by molar-refractivity contribution is -0.421. The fourth-order valence-corrected chi connectivity index (χ4v) is 2.51. The molecule has 0 aromatic carbocycles. The number of anilines is 1. The first-order valence-electron chi connectivity index (χ1n) is 6.29. The molecule has 0 aliphatic heterocycles. The van der Waals surface area contributed by atoms with Crippen molar-refractivity contribution in [1.29, 1.82) is 0 Å². The van der Waals surface area contributed by atoms with E-state index in [0.717, 1.165) is 24.3 Å². The summed E-state index contributed by atoms with van der Waals surface area (Å²) in [5, 5.41) is 27.8. The first-order chi connectivity index (χ1) is 9.49. The molecule has 114 valence electrons. The maximum atomic E-state index is 10.9. The predicted octanol–water partition coefficient (Wildman–Crippen LogP) is 2.92. The maximum absolute atomic E-state index is 10.9. The summed E-state index contributed by atoms with van der Waals surface area (Å²) in [4.78, 5) is 20.6. The molecule has 0 fully saturated rings. The van der Waals surface area contributed by atoms with E-state index in [0.29, 0.717) is 11.4 Å². The Morgan fingerprint density at radius 3 is 2.10 bits per heavy atom. The van der Waals surface area contributed by atoms with Gasteiger partial charge < -0.3 is 10.6 Å². The molecule has 1 rings (SSSR count). The number of nitro groups is 2. The maximum Gasteiger partial charge on any atom is 0.380 e. The molecule has 2 N–H and O–H groups in total. The van der Waals surface area contributed by atoms with Gasteiger partial charge >= 0.3 is 11.4 Å². The van der Waals surface area contributed by atoms with Crippen molar-refractivity contribution in [2.45, 2.75) is 27.2 Å². The molecular weight excluding hydrogens is 284 g/mol. The summed E-state index contributed by atoms with van der Waals surface area (Å²) in [6, 6.07) is 0. The molecule has 0 radical (unpaired) electrons. The van der Waals surface area contributed by atoms with Crippen molar-refractivity contribution < 1.29 is 9.85 Å². The molecule has 8 nitrogen and oxygen atoms in total. The van der Waals surface area contributed by atoms with Gasteiger partial charge in [-0.2, -0.15) is 0 Å². The van der Waals surface area contributed by atoms with Crippen molar-refractivity contribution in [3.05, 3.63) is 25.1 Å². The smallest absolute Gasteiger partial charge is 0.371 e. The van der Waals surface area contributed by atoms with Crippen LogP contribution in [-0.4, -0.2) is 30.0 Å². The minimum Gasteiger partial charge on any atom is -0.371 e. The van der Waals surface area contributed by atoms with Crippen LogP contribution in [-0.2, 0) is 0 Å². The van der Waals surface area contributed by atoms with E-state index < -0.39 is 21.2 Å². The number of nitrogens with one attached hydrogen (secondary N) is 2. The first kappa shape index (κ1) is 18.3. The molecule has 0 bridgehead atoms. The highest BCUT2D eigenvalue weighted by molar-refractivity contribution is 7.17. The average Bonchev–Trinajstić information content (AvgIpc) is 2.74. The van der Waals surface area contributed by atoms with Crippen molar-refractivity contribution in [2.24, 2.45) is 0 Å². The molecule has 0 aliphatic rings. The number of thiophene rings is 1. The molecule has 0 amide bonds. The van der Waals surface area contributed by atoms with Crippen molar-refractivity contribution >= 4 is 27.7 Å². The third kappa shape index (κ3) is 4.74. The Kier molecular flexibility index (Phi) is 8.41. The lowest BCUT2D eigenvalue weighted by Gasteiger charge is -2.02. The van der Waals surface area contributed by atoms with E-state index in [4.69, 9.17) is 0 Å². The van der Waals surface area contributed by atoms with Gasteiger partial charge in [-0.15, -0.1) is 11.3 Å². The Hall–Kier alpha value is -1.74. The van der Waals surface area contributed by atoms with Crippen LogP contribution in [0.3, 0.4) is 0 Å². The highest BCUT2D eigenvalue weighted by Gasteiger charge is 2.34. The lowest BCUT2D eigenvalue weighted by atomic mass is 10.3. The molecule has 1 aromatic heterocycles. The molecule has 0 saturated carbocycles. The second-order valence-electron chi connectivity index (χ2n) is 3.58. The fraction of sp³-hybridized carbons (Fsp3) is 0.636. The zero-order valence-corrected chi connectivity index (χ0v) is 12.9. The molecule has 0 unspecified atom stereocenters. The predicted molar refractivity (Wildman–Crippen MR) is 80.7 cm³/mol. The van der Waals surface area contributed by atoms with Gasteiger partial charge in [-0.25, -0.2) is 0 Å². The van der Waals surface area contributed by atoms with Gasteiger partial charge in [0.1, 0.15) is 0 Å². The zero-order chi connectivity index (χ0) is 15.7. The quantitative estimate of drug-likeness (QED) is 0.455. The molecule has 0 spiro atoms. The SMILES string of the molecule is CC.CNCCCNc1sc(C)c([N+](=O)[O-])c1[N+](=O)[O-]. The lowest BCUT2D eigenvalue weighted by Crippen LogP contribution is -2.12. The molecule has 9 heteroatoms. The minimum absolute atomic E-state index is 0.250. The molecule has 0 atom stereocenters. The molecule has 1 aromatic rings. The molecule has 20 heavy (non-hydrogen) atoms. The van der Waals surface area contributed by atoms with E-state index >= 15 is 0 Å². The number of aryl methyl sites for hydroxylation is 1. The number of hydrogen-bond acceptors (Lipinski definition) is 7. The monoisotopic (exact) mass is 304 g/mol. The van der Waals surface area contributed by atoms with Crippen LogP contribution >= 0.6 is 11.3 Å². The van der Waals surface area contributed by atoms with Crippen molar-refractivity contribution in [2.75, 3.05) is 25.5 Å². The average molecular weight is 304 g/mol. The van der Waals surface area contributed by atoms with Crippen molar-refractivity contribution in [1.82, 2.24) is 5.32 Å². The summed E-state index contributed by atoms with van der Waals surface area (Å²) in [6.07, 6.45) is 0.776. The van der Waals surface area contributed by atoms with Gasteiger partial charge in [-0.05, 0) is 26.9 Å². The van der Waals surface area contributed by atoms with Gasteiger partial charge in [0.2, 0.25) is 0 Å². The Morgan fingerprint density at radius 2 is 1.65 bits per heavy atom. The summed E-state index contributed by atoms with van der Waals surface area (Å²) >= 11 is 1.04. The van der Waals surface area contributed by atoms with Crippen LogP contribution in [0.15, 0.2) is 0 Å². The molecule has 0 saturated heterocycles. The van der Waals surface area contributed by atoms with Gasteiger partial charge in [0.05, 0.1) is 14.7 Å². The standard InChI is InChI=1S/C9H14N4O4S.C2H6/c1-6-7(12(14)15)8(13(16)17)9(18-6)11-5-3-4-10-2;1-2/h10-11H,3-5H2,1-2H3;1-2H3. The highest BCUT2D eigenvalue weighted by atomic mass is 32.1. The Balaban J connectivity index is 0.00000172. The van der Waals surface area contributed by atoms with Crippen LogP contribution in [0, 0.1) is 27.2 Å². The van der Waals surface area contributed by atoms with E-state index in [-0.39, 0.29) is 5.00 Å². The number of rotatable bonds is 7. The largest absolute Gasteiger partial charge is 0.380 e. The van der Waals surface area contributed by atoms with Crippen LogP contribution in [0.4, 0.5) is 16.4 Å². The van der Waals surface area contributed by atoms with E-state index in [1.165, 1.54) is 6.92 Å². The summed E-state index contributed by atoms with van der Waals surface area (Å²) in [5.41, 5.74) is -0.854. The molecule has 0 aliphatic carbocycles. The van der Waals surface area contributed by atoms with Gasteiger partial charge in [-0.3, -0.25) is 20.2 Å². The fourth-order valence-electron chi connectivity index (χ4n) is 1.50. The highest BCUT2D eigenvalue weighted by Crippen LogP contribution is 2.44.